The Bertz CT molecular complexity index is 3340. The number of carbonyl (C=O) groups excluding carboxylic acids is 4. The zero-order valence-electron chi connectivity index (χ0n) is 46.7. The summed E-state index contributed by atoms with van der Waals surface area (Å²) in [6.45, 7) is 2.03. The highest BCUT2D eigenvalue weighted by atomic mass is 32.2. The molecule has 0 unspecified atom stereocenters. The third kappa shape index (κ3) is 13.7. The summed E-state index contributed by atoms with van der Waals surface area (Å²) in [4.78, 5) is 71.7. The fourth-order valence-corrected chi connectivity index (χ4v) is 14.0. The molecular formula is C57H72N10O10S4. The number of rotatable bonds is 18. The minimum atomic E-state index is -3.66. The number of benzene rings is 2. The number of sulfonamides is 2. The number of nitrogens with one attached hydrogen (secondary N) is 4. The number of allylic oxidation sites excluding steroid dienone is 8. The van der Waals surface area contributed by atoms with Gasteiger partial charge in [-0.3, -0.25) is 9.59 Å². The highest BCUT2D eigenvalue weighted by Gasteiger charge is 2.44. The van der Waals surface area contributed by atoms with Gasteiger partial charge in [-0.1, -0.05) is 85.3 Å². The molecule has 2 saturated heterocycles. The Balaban J connectivity index is 0.902. The normalized spacial score (nSPS) is 22.4. The third-order valence-electron chi connectivity index (χ3n) is 16.2. The molecule has 24 heteroatoms. The monoisotopic (exact) mass is 1180 g/mol. The molecule has 12 rings (SSSR count). The molecule has 7 atom stereocenters. The Morgan fingerprint density at radius 1 is 0.716 bits per heavy atom. The van der Waals surface area contributed by atoms with Crippen LogP contribution in [0.25, 0.3) is 33.7 Å². The van der Waals surface area contributed by atoms with Crippen LogP contribution < -0.4 is 10.6 Å². The van der Waals surface area contributed by atoms with Crippen molar-refractivity contribution >= 4 is 78.7 Å². The van der Waals surface area contributed by atoms with Crippen LogP contribution in [0.15, 0.2) is 96.4 Å². The number of hydrogen-bond donors (Lipinski definition) is 4. The standard InChI is InChI=1S/C57H72N10O10S4/c1-35-26-43-11-9-36(27-44(43)38-12-17-40(18-13-38)48-29-58-52(60-48)50-31-64(80(6,72)73)33-66(50)54(68)46(22-24-78-4)62-56(70)76-2)8-10-37-16-21-42(35)28-45(37)39-14-19-41(20-15-39)49-30-59-53(61-49)51-32-65(81(7,74)75)34-67(51)55(69)47(23-25-79-5)63-57(71)77-3/h9,12-21,27,29-30,35,42-43,46-47,50-51H,8,10-11,22-26,28,31-34H2,1-7H3,(H,58,60)(H,59,61)(H,62,70)(H,63,71)/t35-,42-,43-,46+,47+,50+,51+/m1/s1. The number of aromatic amines is 2. The van der Waals surface area contributed by atoms with E-state index in [2.05, 4.69) is 110 Å². The van der Waals surface area contributed by atoms with Gasteiger partial charge >= 0.3 is 12.2 Å². The Labute approximate surface area is 483 Å². The summed E-state index contributed by atoms with van der Waals surface area (Å²) < 4.78 is 63.3. The summed E-state index contributed by atoms with van der Waals surface area (Å²) in [6, 6.07) is 13.7. The van der Waals surface area contributed by atoms with Gasteiger partial charge < -0.3 is 39.9 Å². The molecule has 81 heavy (non-hydrogen) atoms. The highest BCUT2D eigenvalue weighted by Crippen LogP contribution is 2.45. The van der Waals surface area contributed by atoms with Gasteiger partial charge in [-0.2, -0.15) is 32.1 Å². The quantitative estimate of drug-likeness (QED) is 0.0742. The van der Waals surface area contributed by atoms with Crippen LogP contribution in [-0.2, 0) is 39.1 Å². The number of imidazole rings is 2. The Morgan fingerprint density at radius 3 is 1.67 bits per heavy atom. The van der Waals surface area contributed by atoms with Crippen LogP contribution >= 0.6 is 23.5 Å². The molecule has 4 bridgehead atoms. The number of methoxy groups -OCH3 is 2. The number of ether oxygens (including phenoxy) is 2. The first-order valence-electron chi connectivity index (χ1n) is 27.1. The second-order valence-electron chi connectivity index (χ2n) is 21.4. The maximum absolute atomic E-state index is 14.0. The van der Waals surface area contributed by atoms with E-state index in [1.807, 2.05) is 12.5 Å². The van der Waals surface area contributed by atoms with E-state index in [1.54, 1.807) is 12.4 Å². The number of H-pyrrole nitrogens is 2. The predicted molar refractivity (Wildman–Crippen MR) is 316 cm³/mol. The average molecular weight is 1190 g/mol. The van der Waals surface area contributed by atoms with Crippen molar-refractivity contribution in [2.75, 3.05) is 77.2 Å². The van der Waals surface area contributed by atoms with Crippen LogP contribution in [0.3, 0.4) is 0 Å². The lowest BCUT2D eigenvalue weighted by molar-refractivity contribution is -0.135. The molecule has 4 heterocycles. The van der Waals surface area contributed by atoms with E-state index >= 15 is 0 Å². The summed E-state index contributed by atoms with van der Waals surface area (Å²) in [5.41, 5.74) is 10.8. The van der Waals surface area contributed by atoms with Crippen LogP contribution in [0.4, 0.5) is 9.59 Å². The lowest BCUT2D eigenvalue weighted by Gasteiger charge is -2.33. The molecule has 4 N–H and O–H groups in total. The fraction of sp³-hybridized carbons (Fsp3) is 0.474. The Hall–Kier alpha value is -6.18. The van der Waals surface area contributed by atoms with E-state index in [1.165, 1.54) is 78.4 Å². The Kier molecular flexibility index (Phi) is 18.7. The molecule has 0 spiro atoms. The van der Waals surface area contributed by atoms with Gasteiger partial charge in [0, 0.05) is 13.1 Å². The molecule has 4 amide bonds. The van der Waals surface area contributed by atoms with E-state index in [0.29, 0.717) is 53.7 Å². The summed E-state index contributed by atoms with van der Waals surface area (Å²) in [7, 11) is -4.87. The second-order valence-corrected chi connectivity index (χ2v) is 27.4. The van der Waals surface area contributed by atoms with Gasteiger partial charge in [0.05, 0.1) is 63.9 Å². The number of hydrogen-bond acceptors (Lipinski definition) is 14. The number of thioether (sulfide) groups is 2. The first kappa shape index (κ1) is 59.4. The van der Waals surface area contributed by atoms with E-state index in [9.17, 15) is 36.0 Å². The Morgan fingerprint density at radius 2 is 1.20 bits per heavy atom. The van der Waals surface area contributed by atoms with Crippen molar-refractivity contribution in [3.8, 4) is 22.5 Å². The van der Waals surface area contributed by atoms with Gasteiger partial charge in [-0.15, -0.1) is 0 Å². The van der Waals surface area contributed by atoms with Crippen molar-refractivity contribution in [1.29, 1.82) is 0 Å². The van der Waals surface area contributed by atoms with E-state index in [0.717, 1.165) is 78.3 Å². The van der Waals surface area contributed by atoms with Crippen molar-refractivity contribution < 1.29 is 45.5 Å². The van der Waals surface area contributed by atoms with E-state index in [-0.39, 0.29) is 26.4 Å². The highest BCUT2D eigenvalue weighted by molar-refractivity contribution is 7.98. The maximum Gasteiger partial charge on any atom is 0.407 e. The second kappa shape index (κ2) is 25.5. The fourth-order valence-electron chi connectivity index (χ4n) is 11.5. The molecule has 2 aliphatic heterocycles. The van der Waals surface area contributed by atoms with Crippen LogP contribution in [-0.4, -0.2) is 168 Å². The maximum atomic E-state index is 14.0. The first-order valence-corrected chi connectivity index (χ1v) is 33.6. The SMILES string of the molecule is COC(=O)N[C@@H](CCSC)C(=O)N1CN(S(C)(=O)=O)C[C@H]1c1ncc(-c2ccc(C3=CC4=CC[C@@H]3C[C@@H](C)[C@@H]3C=CC(=C(c5ccc(-c6cnc([C@@H]7CN(S(C)(=O)=O)CN7C(=O)[C@H](CCSC)NC(=O)OC)[nH]6)cc5)C3)CC4)cc2)[nH]1. The molecule has 8 aliphatic rings. The molecule has 2 fully saturated rings. The number of amides is 4. The van der Waals surface area contributed by atoms with Crippen LogP contribution in [0.2, 0.25) is 0 Å². The predicted octanol–water partition coefficient (Wildman–Crippen LogP) is 7.81. The third-order valence-corrected chi connectivity index (χ3v) is 19.9. The van der Waals surface area contributed by atoms with Crippen molar-refractivity contribution in [2.24, 2.45) is 17.8 Å². The summed E-state index contributed by atoms with van der Waals surface area (Å²) >= 11 is 3.06. The van der Waals surface area contributed by atoms with Gasteiger partial charge in [-0.05, 0) is 126 Å². The molecule has 6 aliphatic carbocycles. The van der Waals surface area contributed by atoms with Crippen molar-refractivity contribution in [3.05, 3.63) is 119 Å². The molecule has 2 aromatic carbocycles. The van der Waals surface area contributed by atoms with Gasteiger partial charge in [0.2, 0.25) is 31.9 Å². The minimum Gasteiger partial charge on any atom is -0.453 e. The molecule has 2 aromatic heterocycles. The smallest absolute Gasteiger partial charge is 0.407 e. The van der Waals surface area contributed by atoms with Crippen LogP contribution in [0.5, 0.6) is 0 Å². The molecular weight excluding hydrogens is 1110 g/mol. The van der Waals surface area contributed by atoms with Crippen molar-refractivity contribution in [3.63, 3.8) is 0 Å². The van der Waals surface area contributed by atoms with Crippen LogP contribution in [0, 0.1) is 17.8 Å². The first-order chi connectivity index (χ1) is 38.8. The molecule has 434 valence electrons. The van der Waals surface area contributed by atoms with Gasteiger partial charge in [0.15, 0.2) is 0 Å². The van der Waals surface area contributed by atoms with Crippen LogP contribution in [0.1, 0.15) is 86.7 Å². The summed E-state index contributed by atoms with van der Waals surface area (Å²) in [5.74, 6) is 2.24. The molecule has 0 radical (unpaired) electrons. The van der Waals surface area contributed by atoms with Gasteiger partial charge in [0.1, 0.15) is 35.8 Å². The van der Waals surface area contributed by atoms with E-state index in [4.69, 9.17) is 9.47 Å². The molecule has 20 nitrogen and oxygen atoms in total. The number of nitrogens with zero attached hydrogens (tertiary/aromatic N) is 6. The van der Waals surface area contributed by atoms with Crippen molar-refractivity contribution in [2.45, 2.75) is 76.0 Å². The van der Waals surface area contributed by atoms with Crippen molar-refractivity contribution in [1.82, 2.24) is 49.0 Å². The van der Waals surface area contributed by atoms with E-state index < -0.39 is 68.2 Å². The lowest BCUT2D eigenvalue weighted by Crippen LogP contribution is -2.49. The average Bonchev–Trinajstić information content (AvgIpc) is 4.52. The zero-order chi connectivity index (χ0) is 57.8. The largest absolute Gasteiger partial charge is 0.453 e. The molecule has 4 aromatic rings. The zero-order valence-corrected chi connectivity index (χ0v) is 50.0. The number of carbonyl (C=O) groups is 4. The minimum absolute atomic E-state index is 0.0109. The van der Waals surface area contributed by atoms with Gasteiger partial charge in [-0.25, -0.2) is 36.4 Å². The van der Waals surface area contributed by atoms with Gasteiger partial charge in [0.25, 0.3) is 0 Å². The summed E-state index contributed by atoms with van der Waals surface area (Å²) in [6.07, 6.45) is 22.8. The lowest BCUT2D eigenvalue weighted by atomic mass is 9.71. The number of aromatic nitrogens is 4. The topological polar surface area (TPSA) is 249 Å². The summed E-state index contributed by atoms with van der Waals surface area (Å²) in [5, 5.41) is 5.27. The number of alkyl carbamates (subject to hydrolysis) is 2. The molecule has 0 saturated carbocycles.